The summed E-state index contributed by atoms with van der Waals surface area (Å²) < 4.78 is 34.2. The van der Waals surface area contributed by atoms with E-state index in [1.54, 1.807) is 22.3 Å². The fourth-order valence-electron chi connectivity index (χ4n) is 2.76. The number of carbonyl (C=O) groups excluding carboxylic acids is 1. The molecule has 0 bridgehead atoms. The van der Waals surface area contributed by atoms with Crippen LogP contribution >= 0.6 is 23.7 Å². The molecule has 2 aromatic heterocycles. The first-order valence-electron chi connectivity index (χ1n) is 7.32. The summed E-state index contributed by atoms with van der Waals surface area (Å²) in [7, 11) is -0.785. The summed E-state index contributed by atoms with van der Waals surface area (Å²) in [5.74, 6) is 0.00729. The molecule has 3 heterocycles. The minimum Gasteiger partial charge on any atom is -0.465 e. The molecule has 1 fully saturated rings. The maximum absolute atomic E-state index is 13.2. The Labute approximate surface area is 156 Å². The number of imidazole rings is 1. The van der Waals surface area contributed by atoms with E-state index in [1.165, 1.54) is 17.5 Å². The number of aryl methyl sites for hydroxylation is 1. The maximum Gasteiger partial charge on any atom is 0.349 e. The quantitative estimate of drug-likeness (QED) is 0.762. The molecule has 1 aliphatic rings. The average Bonchev–Trinajstić information content (AvgIpc) is 3.23. The van der Waals surface area contributed by atoms with Crippen molar-refractivity contribution in [3.63, 3.8) is 0 Å². The summed E-state index contributed by atoms with van der Waals surface area (Å²) in [6.07, 6.45) is 3.42. The zero-order valence-corrected chi connectivity index (χ0v) is 16.2. The lowest BCUT2D eigenvalue weighted by molar-refractivity contribution is 0.0602. The Balaban J connectivity index is 0.00000225. The molecule has 0 aromatic carbocycles. The van der Waals surface area contributed by atoms with E-state index in [4.69, 9.17) is 4.74 Å². The molecule has 0 saturated carbocycles. The molecule has 1 unspecified atom stereocenters. The number of esters is 1. The molecule has 11 heteroatoms. The molecule has 138 valence electrons. The minimum absolute atomic E-state index is 0. The van der Waals surface area contributed by atoms with Crippen LogP contribution in [0.15, 0.2) is 28.7 Å². The van der Waals surface area contributed by atoms with Crippen LogP contribution in [-0.2, 0) is 21.8 Å². The number of aromatic nitrogens is 2. The number of nitrogens with zero attached hydrogens (tertiary/aromatic N) is 3. The maximum atomic E-state index is 13.2. The second-order valence-corrected chi connectivity index (χ2v) is 8.11. The van der Waals surface area contributed by atoms with Crippen molar-refractivity contribution < 1.29 is 17.9 Å². The number of hydrogen-bond donors (Lipinski definition) is 1. The van der Waals surface area contributed by atoms with Crippen molar-refractivity contribution in [3.8, 4) is 0 Å². The largest absolute Gasteiger partial charge is 0.465 e. The van der Waals surface area contributed by atoms with Crippen molar-refractivity contribution in [3.05, 3.63) is 34.5 Å². The molecule has 1 aliphatic heterocycles. The molecule has 1 N–H and O–H groups in total. The Kier molecular flexibility index (Phi) is 6.22. The lowest BCUT2D eigenvalue weighted by atomic mass is 10.2. The third-order valence-corrected chi connectivity index (χ3v) is 6.91. The molecule has 0 spiro atoms. The number of sulfonamides is 1. The monoisotopic (exact) mass is 406 g/mol. The first-order chi connectivity index (χ1) is 11.5. The highest BCUT2D eigenvalue weighted by molar-refractivity contribution is 7.89. The van der Waals surface area contributed by atoms with Gasteiger partial charge in [0.15, 0.2) is 0 Å². The van der Waals surface area contributed by atoms with Crippen LogP contribution in [0, 0.1) is 0 Å². The smallest absolute Gasteiger partial charge is 0.349 e. The van der Waals surface area contributed by atoms with Crippen molar-refractivity contribution >= 4 is 39.7 Å². The predicted molar refractivity (Wildman–Crippen MR) is 95.6 cm³/mol. The summed E-state index contributed by atoms with van der Waals surface area (Å²) in [6, 6.07) is 1.01. The molecule has 0 aliphatic carbocycles. The SMILES string of the molecule is COC(=O)c1sccc1S(=O)(=O)N1CCNCC1c1nccn1C.Cl. The molecule has 3 rings (SSSR count). The second-order valence-electron chi connectivity index (χ2n) is 5.34. The highest BCUT2D eigenvalue weighted by Crippen LogP contribution is 2.31. The number of thiophene rings is 1. The van der Waals surface area contributed by atoms with Crippen LogP contribution in [0.3, 0.4) is 0 Å². The van der Waals surface area contributed by atoms with Crippen LogP contribution in [0.4, 0.5) is 0 Å². The lowest BCUT2D eigenvalue weighted by Gasteiger charge is -2.34. The number of nitrogens with one attached hydrogen (secondary N) is 1. The van der Waals surface area contributed by atoms with E-state index in [-0.39, 0.29) is 22.2 Å². The number of rotatable bonds is 4. The van der Waals surface area contributed by atoms with Crippen LogP contribution in [0.25, 0.3) is 0 Å². The highest BCUT2D eigenvalue weighted by atomic mass is 35.5. The van der Waals surface area contributed by atoms with Crippen molar-refractivity contribution in [2.24, 2.45) is 7.05 Å². The zero-order valence-electron chi connectivity index (χ0n) is 13.7. The van der Waals surface area contributed by atoms with Gasteiger partial charge >= 0.3 is 5.97 Å². The van der Waals surface area contributed by atoms with E-state index in [0.29, 0.717) is 25.5 Å². The number of carbonyl (C=O) groups is 1. The topological polar surface area (TPSA) is 93.5 Å². The standard InChI is InChI=1S/C14H18N4O4S2.ClH/c1-17-6-5-16-13(17)10-9-15-4-7-18(10)24(20,21)11-3-8-23-12(11)14(19)22-2;/h3,5-6,8,10,15H,4,7,9H2,1-2H3;1H. The molecule has 1 saturated heterocycles. The Morgan fingerprint density at radius 2 is 2.24 bits per heavy atom. The average molecular weight is 407 g/mol. The van der Waals surface area contributed by atoms with Gasteiger partial charge in [-0.25, -0.2) is 18.2 Å². The Bertz CT molecular complexity index is 849. The first-order valence-corrected chi connectivity index (χ1v) is 9.64. The fraction of sp³-hybridized carbons (Fsp3) is 0.429. The van der Waals surface area contributed by atoms with Crippen LogP contribution in [0.1, 0.15) is 21.5 Å². The van der Waals surface area contributed by atoms with Gasteiger partial charge in [-0.05, 0) is 11.4 Å². The van der Waals surface area contributed by atoms with Gasteiger partial charge in [0.2, 0.25) is 10.0 Å². The van der Waals surface area contributed by atoms with Gasteiger partial charge in [0.05, 0.1) is 13.2 Å². The van der Waals surface area contributed by atoms with Crippen LogP contribution in [0.5, 0.6) is 0 Å². The van der Waals surface area contributed by atoms with E-state index in [1.807, 2.05) is 7.05 Å². The van der Waals surface area contributed by atoms with Crippen LogP contribution in [-0.4, -0.2) is 55.0 Å². The normalized spacial score (nSPS) is 18.6. The van der Waals surface area contributed by atoms with Gasteiger partial charge in [-0.3, -0.25) is 0 Å². The Morgan fingerprint density at radius 1 is 1.48 bits per heavy atom. The van der Waals surface area contributed by atoms with Gasteiger partial charge in [0.1, 0.15) is 15.6 Å². The molecule has 0 amide bonds. The predicted octanol–water partition coefficient (Wildman–Crippen LogP) is 1.03. The number of methoxy groups -OCH3 is 1. The summed E-state index contributed by atoms with van der Waals surface area (Å²) in [5.41, 5.74) is 0. The third kappa shape index (κ3) is 3.58. The van der Waals surface area contributed by atoms with E-state index in [9.17, 15) is 13.2 Å². The molecule has 8 nitrogen and oxygen atoms in total. The molecule has 0 radical (unpaired) electrons. The summed E-state index contributed by atoms with van der Waals surface area (Å²) >= 11 is 1.06. The van der Waals surface area contributed by atoms with Gasteiger partial charge in [-0.2, -0.15) is 4.31 Å². The molecule has 1 atom stereocenters. The van der Waals surface area contributed by atoms with Gasteiger partial charge in [0, 0.05) is 39.1 Å². The molecule has 2 aromatic rings. The highest BCUT2D eigenvalue weighted by Gasteiger charge is 2.38. The second kappa shape index (κ2) is 7.83. The van der Waals surface area contributed by atoms with E-state index in [0.717, 1.165) is 11.3 Å². The summed E-state index contributed by atoms with van der Waals surface area (Å²) in [6.45, 7) is 1.30. The number of piperazine rings is 1. The summed E-state index contributed by atoms with van der Waals surface area (Å²) in [5, 5.41) is 4.78. The van der Waals surface area contributed by atoms with Gasteiger partial charge in [-0.1, -0.05) is 0 Å². The molecular weight excluding hydrogens is 388 g/mol. The Morgan fingerprint density at radius 3 is 2.88 bits per heavy atom. The van der Waals surface area contributed by atoms with Gasteiger partial charge < -0.3 is 14.6 Å². The first kappa shape index (κ1) is 19.9. The van der Waals surface area contributed by atoms with Crippen molar-refractivity contribution in [1.82, 2.24) is 19.2 Å². The van der Waals surface area contributed by atoms with Crippen molar-refractivity contribution in [2.75, 3.05) is 26.7 Å². The van der Waals surface area contributed by atoms with Crippen molar-refractivity contribution in [1.29, 1.82) is 0 Å². The van der Waals surface area contributed by atoms with E-state index >= 15 is 0 Å². The lowest BCUT2D eigenvalue weighted by Crippen LogP contribution is -2.49. The van der Waals surface area contributed by atoms with Crippen molar-refractivity contribution in [2.45, 2.75) is 10.9 Å². The third-order valence-electron chi connectivity index (χ3n) is 3.94. The fourth-order valence-corrected chi connectivity index (χ4v) is 5.66. The Hall–Kier alpha value is -1.46. The van der Waals surface area contributed by atoms with Gasteiger partial charge in [-0.15, -0.1) is 23.7 Å². The number of hydrogen-bond acceptors (Lipinski definition) is 7. The van der Waals surface area contributed by atoms with E-state index in [2.05, 4.69) is 10.3 Å². The summed E-state index contributed by atoms with van der Waals surface area (Å²) in [4.78, 5) is 16.2. The minimum atomic E-state index is -3.85. The van der Waals surface area contributed by atoms with Gasteiger partial charge in [0.25, 0.3) is 0 Å². The molecule has 25 heavy (non-hydrogen) atoms. The van der Waals surface area contributed by atoms with E-state index < -0.39 is 22.0 Å². The number of ether oxygens (including phenoxy) is 1. The zero-order chi connectivity index (χ0) is 17.3. The van der Waals surface area contributed by atoms with Crippen LogP contribution in [0.2, 0.25) is 0 Å². The van der Waals surface area contributed by atoms with Crippen LogP contribution < -0.4 is 5.32 Å². The number of halogens is 1. The molecular formula is C14H19ClN4O4S2.